The lowest BCUT2D eigenvalue weighted by atomic mass is 9.94. The standard InChI is InChI=1S/C14H24N2O3/c1-14(2,3)19-13(17)16(4)12(9-15)8-11-6-5-7-18-10-11/h11-12H,5-8,10H2,1-4H3/t11-,12+/m1/s1. The summed E-state index contributed by atoms with van der Waals surface area (Å²) in [6.07, 6.45) is 2.28. The number of carbonyl (C=O) groups excluding carboxylic acids is 1. The van der Waals surface area contributed by atoms with E-state index in [0.29, 0.717) is 18.9 Å². The van der Waals surface area contributed by atoms with E-state index in [2.05, 4.69) is 6.07 Å². The van der Waals surface area contributed by atoms with Crippen molar-refractivity contribution in [3.05, 3.63) is 0 Å². The molecule has 5 heteroatoms. The highest BCUT2D eigenvalue weighted by Gasteiger charge is 2.28. The zero-order valence-corrected chi connectivity index (χ0v) is 12.3. The smallest absolute Gasteiger partial charge is 0.411 e. The summed E-state index contributed by atoms with van der Waals surface area (Å²) in [6.45, 7) is 6.93. The maximum absolute atomic E-state index is 11.9. The van der Waals surface area contributed by atoms with Gasteiger partial charge in [0.15, 0.2) is 0 Å². The Hall–Kier alpha value is -1.28. The van der Waals surface area contributed by atoms with Crippen LogP contribution in [0.15, 0.2) is 0 Å². The number of carbonyl (C=O) groups is 1. The average molecular weight is 268 g/mol. The maximum atomic E-state index is 11.9. The van der Waals surface area contributed by atoms with Gasteiger partial charge in [-0.3, -0.25) is 4.90 Å². The molecule has 1 aliphatic rings. The fraction of sp³-hybridized carbons (Fsp3) is 0.857. The summed E-state index contributed by atoms with van der Waals surface area (Å²) in [4.78, 5) is 13.3. The van der Waals surface area contributed by atoms with Gasteiger partial charge in [-0.05, 0) is 46.0 Å². The minimum absolute atomic E-state index is 0.350. The first-order valence-corrected chi connectivity index (χ1v) is 6.76. The Labute approximate surface area is 115 Å². The van der Waals surface area contributed by atoms with Crippen LogP contribution in [-0.4, -0.2) is 42.9 Å². The van der Waals surface area contributed by atoms with Crippen molar-refractivity contribution in [1.82, 2.24) is 4.90 Å². The third-order valence-corrected chi connectivity index (χ3v) is 3.11. The number of nitrogens with zero attached hydrogens (tertiary/aromatic N) is 2. The van der Waals surface area contributed by atoms with Crippen LogP contribution in [0, 0.1) is 17.2 Å². The van der Waals surface area contributed by atoms with Crippen LogP contribution < -0.4 is 0 Å². The average Bonchev–Trinajstić information content (AvgIpc) is 2.34. The van der Waals surface area contributed by atoms with Gasteiger partial charge in [0.25, 0.3) is 0 Å². The van der Waals surface area contributed by atoms with Crippen molar-refractivity contribution in [2.24, 2.45) is 5.92 Å². The fourth-order valence-electron chi connectivity index (χ4n) is 2.07. The highest BCUT2D eigenvalue weighted by molar-refractivity contribution is 5.68. The largest absolute Gasteiger partial charge is 0.444 e. The van der Waals surface area contributed by atoms with E-state index in [1.54, 1.807) is 7.05 Å². The minimum Gasteiger partial charge on any atom is -0.444 e. The van der Waals surface area contributed by atoms with Crippen molar-refractivity contribution in [2.75, 3.05) is 20.3 Å². The Kier molecular flexibility index (Phi) is 5.61. The third-order valence-electron chi connectivity index (χ3n) is 3.11. The number of nitriles is 1. The van der Waals surface area contributed by atoms with E-state index in [4.69, 9.17) is 9.47 Å². The van der Waals surface area contributed by atoms with Gasteiger partial charge >= 0.3 is 6.09 Å². The lowest BCUT2D eigenvalue weighted by molar-refractivity contribution is 0.0171. The van der Waals surface area contributed by atoms with Crippen LogP contribution in [-0.2, 0) is 9.47 Å². The Morgan fingerprint density at radius 3 is 2.74 bits per heavy atom. The van der Waals surface area contributed by atoms with Gasteiger partial charge in [-0.15, -0.1) is 0 Å². The van der Waals surface area contributed by atoms with Crippen molar-refractivity contribution in [3.63, 3.8) is 0 Å². The monoisotopic (exact) mass is 268 g/mol. The van der Waals surface area contributed by atoms with Crippen molar-refractivity contribution in [1.29, 1.82) is 5.26 Å². The van der Waals surface area contributed by atoms with Crippen molar-refractivity contribution < 1.29 is 14.3 Å². The number of amides is 1. The first kappa shape index (κ1) is 15.8. The molecule has 1 heterocycles. The molecule has 1 fully saturated rings. The van der Waals surface area contributed by atoms with E-state index in [1.165, 1.54) is 4.90 Å². The van der Waals surface area contributed by atoms with Crippen molar-refractivity contribution in [2.45, 2.75) is 51.7 Å². The number of hydrogen-bond acceptors (Lipinski definition) is 4. The molecule has 19 heavy (non-hydrogen) atoms. The van der Waals surface area contributed by atoms with Crippen LogP contribution in [0.5, 0.6) is 0 Å². The zero-order chi connectivity index (χ0) is 14.5. The maximum Gasteiger partial charge on any atom is 0.411 e. The molecule has 0 aromatic rings. The normalized spacial score (nSPS) is 21.3. The van der Waals surface area contributed by atoms with E-state index in [1.807, 2.05) is 20.8 Å². The molecule has 5 nitrogen and oxygen atoms in total. The first-order chi connectivity index (χ1) is 8.83. The predicted molar refractivity (Wildman–Crippen MR) is 71.6 cm³/mol. The van der Waals surface area contributed by atoms with E-state index in [0.717, 1.165) is 19.4 Å². The molecule has 0 saturated carbocycles. The number of hydrogen-bond donors (Lipinski definition) is 0. The van der Waals surface area contributed by atoms with Gasteiger partial charge in [-0.25, -0.2) is 4.79 Å². The van der Waals surface area contributed by atoms with E-state index in [-0.39, 0.29) is 0 Å². The lowest BCUT2D eigenvalue weighted by Gasteiger charge is -2.30. The second-order valence-electron chi connectivity index (χ2n) is 6.06. The van der Waals surface area contributed by atoms with Gasteiger partial charge in [0.2, 0.25) is 0 Å². The van der Waals surface area contributed by atoms with E-state index in [9.17, 15) is 10.1 Å². The Morgan fingerprint density at radius 2 is 2.26 bits per heavy atom. The Balaban J connectivity index is 2.53. The van der Waals surface area contributed by atoms with Crippen LogP contribution >= 0.6 is 0 Å². The van der Waals surface area contributed by atoms with Crippen LogP contribution in [0.3, 0.4) is 0 Å². The molecule has 0 bridgehead atoms. The van der Waals surface area contributed by atoms with Crippen molar-refractivity contribution in [3.8, 4) is 6.07 Å². The van der Waals surface area contributed by atoms with Gasteiger partial charge in [-0.2, -0.15) is 5.26 Å². The van der Waals surface area contributed by atoms with Gasteiger partial charge < -0.3 is 9.47 Å². The topological polar surface area (TPSA) is 62.6 Å². The number of ether oxygens (including phenoxy) is 2. The molecule has 0 aromatic carbocycles. The summed E-state index contributed by atoms with van der Waals surface area (Å²) in [6, 6.07) is 1.73. The summed E-state index contributed by atoms with van der Waals surface area (Å²) in [5.74, 6) is 0.350. The lowest BCUT2D eigenvalue weighted by Crippen LogP contribution is -2.41. The molecule has 0 radical (unpaired) electrons. The van der Waals surface area contributed by atoms with Crippen LogP contribution in [0.1, 0.15) is 40.0 Å². The van der Waals surface area contributed by atoms with Crippen LogP contribution in [0.4, 0.5) is 4.79 Å². The molecule has 108 valence electrons. The Bertz CT molecular complexity index is 338. The van der Waals surface area contributed by atoms with Gasteiger partial charge in [0.1, 0.15) is 11.6 Å². The van der Waals surface area contributed by atoms with E-state index >= 15 is 0 Å². The molecule has 2 atom stereocenters. The molecular formula is C14H24N2O3. The first-order valence-electron chi connectivity index (χ1n) is 6.76. The molecule has 0 N–H and O–H groups in total. The second kappa shape index (κ2) is 6.76. The molecule has 1 rings (SSSR count). The van der Waals surface area contributed by atoms with E-state index < -0.39 is 17.7 Å². The summed E-state index contributed by atoms with van der Waals surface area (Å²) in [5.41, 5.74) is -0.542. The summed E-state index contributed by atoms with van der Waals surface area (Å²) in [7, 11) is 1.62. The summed E-state index contributed by atoms with van der Waals surface area (Å²) in [5, 5.41) is 9.23. The SMILES string of the molecule is CN(C(=O)OC(C)(C)C)[C@H](C#N)C[C@H]1CCCOC1. The molecule has 1 amide bonds. The molecule has 0 aromatic heterocycles. The predicted octanol–water partition coefficient (Wildman–Crippen LogP) is 2.56. The zero-order valence-electron chi connectivity index (χ0n) is 12.3. The Morgan fingerprint density at radius 1 is 1.58 bits per heavy atom. The summed E-state index contributed by atoms with van der Waals surface area (Å²) >= 11 is 0. The van der Waals surface area contributed by atoms with Gasteiger partial charge in [-0.1, -0.05) is 0 Å². The molecule has 0 aliphatic carbocycles. The molecule has 1 aliphatic heterocycles. The third kappa shape index (κ3) is 5.48. The van der Waals surface area contributed by atoms with Crippen LogP contribution in [0.2, 0.25) is 0 Å². The van der Waals surface area contributed by atoms with Crippen molar-refractivity contribution >= 4 is 6.09 Å². The highest BCUT2D eigenvalue weighted by Crippen LogP contribution is 2.21. The van der Waals surface area contributed by atoms with Crippen LogP contribution in [0.25, 0.3) is 0 Å². The summed E-state index contributed by atoms with van der Waals surface area (Å²) < 4.78 is 10.7. The molecule has 0 spiro atoms. The van der Waals surface area contributed by atoms with Gasteiger partial charge in [0, 0.05) is 20.3 Å². The molecular weight excluding hydrogens is 244 g/mol. The molecule has 1 saturated heterocycles. The molecule has 0 unspecified atom stereocenters. The van der Waals surface area contributed by atoms with Gasteiger partial charge in [0.05, 0.1) is 6.07 Å². The highest BCUT2D eigenvalue weighted by atomic mass is 16.6. The second-order valence-corrected chi connectivity index (χ2v) is 6.06. The quantitative estimate of drug-likeness (QED) is 0.789. The minimum atomic E-state index is -0.542. The fourth-order valence-corrected chi connectivity index (χ4v) is 2.07. The number of rotatable bonds is 3.